The van der Waals surface area contributed by atoms with Crippen molar-refractivity contribution in [2.45, 2.75) is 45.9 Å². The van der Waals surface area contributed by atoms with Crippen LogP contribution in [0.1, 0.15) is 37.8 Å². The second-order valence-corrected chi connectivity index (χ2v) is 5.76. The molecule has 0 saturated heterocycles. The smallest absolute Gasteiger partial charge is 0.189 e. The minimum Gasteiger partial charge on any atom is -0.467 e. The molecule has 0 fully saturated rings. The van der Waals surface area contributed by atoms with Crippen molar-refractivity contribution < 1.29 is 14.6 Å². The average molecular weight is 314 g/mol. The molecule has 1 N–H and O–H groups in total. The van der Waals surface area contributed by atoms with Crippen LogP contribution in [0.15, 0.2) is 12.1 Å². The monoisotopic (exact) mass is 313 g/mol. The molecule has 0 saturated carbocycles. The number of rotatable bonds is 7. The lowest BCUT2D eigenvalue weighted by Crippen LogP contribution is -2.36. The highest BCUT2D eigenvalue weighted by molar-refractivity contribution is 6.30. The molecule has 0 bridgehead atoms. The van der Waals surface area contributed by atoms with Gasteiger partial charge in [0.15, 0.2) is 6.79 Å². The summed E-state index contributed by atoms with van der Waals surface area (Å²) in [6.07, 6.45) is 2.12. The second kappa shape index (κ2) is 7.99. The maximum absolute atomic E-state index is 9.33. The van der Waals surface area contributed by atoms with Gasteiger partial charge in [-0.3, -0.25) is 4.90 Å². The lowest BCUT2D eigenvalue weighted by Gasteiger charge is -2.31. The highest BCUT2D eigenvalue weighted by Gasteiger charge is 2.21. The molecule has 0 aliphatic carbocycles. The Morgan fingerprint density at radius 3 is 2.76 bits per heavy atom. The number of nitrogens with zero attached hydrogens (tertiary/aromatic N) is 1. The van der Waals surface area contributed by atoms with Gasteiger partial charge >= 0.3 is 0 Å². The van der Waals surface area contributed by atoms with Crippen molar-refractivity contribution in [2.75, 3.05) is 19.9 Å². The van der Waals surface area contributed by atoms with Crippen LogP contribution in [-0.4, -0.2) is 36.0 Å². The lowest BCUT2D eigenvalue weighted by atomic mass is 10.1. The van der Waals surface area contributed by atoms with E-state index in [1.54, 1.807) is 0 Å². The molecule has 0 unspecified atom stereocenters. The maximum Gasteiger partial charge on any atom is 0.189 e. The van der Waals surface area contributed by atoms with Crippen LogP contribution in [0.2, 0.25) is 5.02 Å². The molecule has 5 heteroatoms. The summed E-state index contributed by atoms with van der Waals surface area (Å²) in [7, 11) is 0. The van der Waals surface area contributed by atoms with Crippen LogP contribution >= 0.6 is 11.6 Å². The van der Waals surface area contributed by atoms with E-state index in [4.69, 9.17) is 21.1 Å². The van der Waals surface area contributed by atoms with Gasteiger partial charge in [0.05, 0.1) is 13.2 Å². The molecule has 0 amide bonds. The number of halogens is 1. The fourth-order valence-electron chi connectivity index (χ4n) is 2.92. The quantitative estimate of drug-likeness (QED) is 0.839. The van der Waals surface area contributed by atoms with Crippen LogP contribution in [0.3, 0.4) is 0 Å². The molecule has 118 valence electrons. The maximum atomic E-state index is 9.33. The van der Waals surface area contributed by atoms with Crippen molar-refractivity contribution in [3.63, 3.8) is 0 Å². The molecule has 1 aliphatic heterocycles. The van der Waals surface area contributed by atoms with Crippen molar-refractivity contribution in [3.8, 4) is 5.75 Å². The van der Waals surface area contributed by atoms with Crippen LogP contribution in [-0.2, 0) is 17.9 Å². The van der Waals surface area contributed by atoms with Crippen molar-refractivity contribution in [3.05, 3.63) is 28.3 Å². The summed E-state index contributed by atoms with van der Waals surface area (Å²) < 4.78 is 11.0. The first-order chi connectivity index (χ1) is 10.2. The van der Waals surface area contributed by atoms with E-state index in [2.05, 4.69) is 18.7 Å². The molecule has 0 spiro atoms. The predicted octanol–water partition coefficient (Wildman–Crippen LogP) is 3.19. The number of fused-ring (bicyclic) bond motifs is 1. The minimum atomic E-state index is 0.156. The predicted molar refractivity (Wildman–Crippen MR) is 83.6 cm³/mol. The fourth-order valence-corrected chi connectivity index (χ4v) is 3.18. The summed E-state index contributed by atoms with van der Waals surface area (Å²) in [6, 6.07) is 4.30. The van der Waals surface area contributed by atoms with Gasteiger partial charge in [0.2, 0.25) is 0 Å². The van der Waals surface area contributed by atoms with Gasteiger partial charge in [0.25, 0.3) is 0 Å². The van der Waals surface area contributed by atoms with Crippen LogP contribution in [0.4, 0.5) is 0 Å². The Hall–Kier alpha value is -0.810. The third-order valence-electron chi connectivity index (χ3n) is 3.97. The summed E-state index contributed by atoms with van der Waals surface area (Å²) in [6.45, 7) is 6.72. The van der Waals surface area contributed by atoms with E-state index in [1.807, 2.05) is 12.1 Å². The SMILES string of the molecule is CCC(CC)N(CCO)Cc1cc(Cl)cc2c1OCOC2. The molecular weight excluding hydrogens is 290 g/mol. The van der Waals surface area contributed by atoms with Gasteiger partial charge in [-0.1, -0.05) is 25.4 Å². The molecule has 0 radical (unpaired) electrons. The molecular formula is C16H24ClNO3. The van der Waals surface area contributed by atoms with E-state index in [1.165, 1.54) is 0 Å². The van der Waals surface area contributed by atoms with Crippen LogP contribution in [0.25, 0.3) is 0 Å². The number of aliphatic hydroxyl groups excluding tert-OH is 1. The van der Waals surface area contributed by atoms with Crippen molar-refractivity contribution in [1.29, 1.82) is 0 Å². The van der Waals surface area contributed by atoms with Gasteiger partial charge in [0, 0.05) is 35.3 Å². The Labute approximate surface area is 131 Å². The topological polar surface area (TPSA) is 41.9 Å². The van der Waals surface area contributed by atoms with E-state index in [0.29, 0.717) is 24.2 Å². The summed E-state index contributed by atoms with van der Waals surface area (Å²) in [5, 5.41) is 10.0. The van der Waals surface area contributed by atoms with Gasteiger partial charge in [-0.05, 0) is 25.0 Å². The van der Waals surface area contributed by atoms with Gasteiger partial charge < -0.3 is 14.6 Å². The van der Waals surface area contributed by atoms with Crippen molar-refractivity contribution >= 4 is 11.6 Å². The molecule has 0 aromatic heterocycles. The largest absolute Gasteiger partial charge is 0.467 e. The number of ether oxygens (including phenoxy) is 2. The number of benzene rings is 1. The Morgan fingerprint density at radius 2 is 2.10 bits per heavy atom. The Morgan fingerprint density at radius 1 is 1.33 bits per heavy atom. The summed E-state index contributed by atoms with van der Waals surface area (Å²) in [5.41, 5.74) is 2.07. The zero-order chi connectivity index (χ0) is 15.2. The van der Waals surface area contributed by atoms with E-state index < -0.39 is 0 Å². The van der Waals surface area contributed by atoms with Gasteiger partial charge in [-0.15, -0.1) is 0 Å². The summed E-state index contributed by atoms with van der Waals surface area (Å²) >= 11 is 6.21. The van der Waals surface area contributed by atoms with Gasteiger partial charge in [-0.2, -0.15) is 0 Å². The zero-order valence-corrected chi connectivity index (χ0v) is 13.5. The highest BCUT2D eigenvalue weighted by Crippen LogP contribution is 2.33. The number of aliphatic hydroxyl groups is 1. The van der Waals surface area contributed by atoms with E-state index in [9.17, 15) is 5.11 Å². The molecule has 0 atom stereocenters. The molecule has 1 heterocycles. The molecule has 4 nitrogen and oxygen atoms in total. The van der Waals surface area contributed by atoms with Gasteiger partial charge in [0.1, 0.15) is 5.75 Å². The zero-order valence-electron chi connectivity index (χ0n) is 12.8. The summed E-state index contributed by atoms with van der Waals surface area (Å²) in [4.78, 5) is 2.30. The standard InChI is InChI=1S/C16H24ClNO3/c1-3-15(4-2)18(5-6-19)9-12-7-14(17)8-13-10-20-11-21-16(12)13/h7-8,15,19H,3-6,9-11H2,1-2H3. The lowest BCUT2D eigenvalue weighted by molar-refractivity contribution is -0.0177. The number of hydrogen-bond donors (Lipinski definition) is 1. The first-order valence-electron chi connectivity index (χ1n) is 7.56. The molecule has 1 aromatic rings. The van der Waals surface area contributed by atoms with Gasteiger partial charge in [-0.25, -0.2) is 0 Å². The average Bonchev–Trinajstić information content (AvgIpc) is 2.48. The second-order valence-electron chi connectivity index (χ2n) is 5.33. The first kappa shape index (κ1) is 16.6. The Bertz CT molecular complexity index is 463. The third kappa shape index (κ3) is 4.10. The fraction of sp³-hybridized carbons (Fsp3) is 0.625. The van der Waals surface area contributed by atoms with E-state index >= 15 is 0 Å². The van der Waals surface area contributed by atoms with Crippen LogP contribution in [0.5, 0.6) is 5.75 Å². The molecule has 1 aromatic carbocycles. The molecule has 21 heavy (non-hydrogen) atoms. The summed E-state index contributed by atoms with van der Waals surface area (Å²) in [5.74, 6) is 0.888. The normalized spacial score (nSPS) is 14.4. The van der Waals surface area contributed by atoms with E-state index in [-0.39, 0.29) is 13.4 Å². The number of hydrogen-bond acceptors (Lipinski definition) is 4. The first-order valence-corrected chi connectivity index (χ1v) is 7.94. The van der Waals surface area contributed by atoms with Crippen molar-refractivity contribution in [1.82, 2.24) is 4.90 Å². The Kier molecular flexibility index (Phi) is 6.30. The molecule has 2 rings (SSSR count). The Balaban J connectivity index is 2.25. The minimum absolute atomic E-state index is 0.156. The van der Waals surface area contributed by atoms with Crippen LogP contribution in [0, 0.1) is 0 Å². The highest BCUT2D eigenvalue weighted by atomic mass is 35.5. The third-order valence-corrected chi connectivity index (χ3v) is 4.19. The van der Waals surface area contributed by atoms with Crippen molar-refractivity contribution in [2.24, 2.45) is 0 Å². The van der Waals surface area contributed by atoms with E-state index in [0.717, 1.165) is 36.3 Å². The molecule has 1 aliphatic rings. The van der Waals surface area contributed by atoms with Crippen LogP contribution < -0.4 is 4.74 Å².